The van der Waals surface area contributed by atoms with Crippen molar-refractivity contribution in [2.45, 2.75) is 45.7 Å². The number of amides is 2. The monoisotopic (exact) mass is 378 g/mol. The summed E-state index contributed by atoms with van der Waals surface area (Å²) >= 11 is 0. The second kappa shape index (κ2) is 6.25. The number of halogens is 3. The van der Waals surface area contributed by atoms with Crippen molar-refractivity contribution in [3.8, 4) is 0 Å². The molecule has 1 aromatic rings. The van der Waals surface area contributed by atoms with Crippen molar-refractivity contribution in [3.63, 3.8) is 0 Å². The summed E-state index contributed by atoms with van der Waals surface area (Å²) in [6.45, 7) is 5.50. The van der Waals surface area contributed by atoms with E-state index in [-0.39, 0.29) is 17.6 Å². The van der Waals surface area contributed by atoms with Crippen LogP contribution in [-0.4, -0.2) is 16.7 Å². The summed E-state index contributed by atoms with van der Waals surface area (Å²) in [5, 5.41) is 0. The van der Waals surface area contributed by atoms with E-state index >= 15 is 0 Å². The number of allylic oxidation sites excluding steroid dienone is 4. The number of carbonyl (C=O) groups excluding carboxylic acids is 2. The Morgan fingerprint density at radius 3 is 2.52 bits per heavy atom. The molecular formula is C20H21F3N2O2. The lowest BCUT2D eigenvalue weighted by Crippen LogP contribution is -2.42. The summed E-state index contributed by atoms with van der Waals surface area (Å²) in [5.74, 6) is -0.805. The van der Waals surface area contributed by atoms with Gasteiger partial charge in [-0.3, -0.25) is 9.69 Å². The number of rotatable bonds is 1. The van der Waals surface area contributed by atoms with Crippen LogP contribution in [0.1, 0.15) is 50.7 Å². The molecule has 144 valence electrons. The largest absolute Gasteiger partial charge is 0.416 e. The van der Waals surface area contributed by atoms with Gasteiger partial charge in [-0.15, -0.1) is 0 Å². The molecule has 0 radical (unpaired) electrons. The Morgan fingerprint density at radius 1 is 1.26 bits per heavy atom. The Morgan fingerprint density at radius 2 is 1.93 bits per heavy atom. The van der Waals surface area contributed by atoms with Crippen LogP contribution in [0.4, 0.5) is 18.0 Å². The van der Waals surface area contributed by atoms with Gasteiger partial charge in [0.15, 0.2) is 5.78 Å². The molecule has 0 spiro atoms. The quantitative estimate of drug-likeness (QED) is 0.768. The lowest BCUT2D eigenvalue weighted by Gasteiger charge is -2.41. The number of benzene rings is 1. The van der Waals surface area contributed by atoms with Crippen LogP contribution < -0.4 is 5.73 Å². The molecule has 3 rings (SSSR count). The van der Waals surface area contributed by atoms with E-state index in [0.29, 0.717) is 29.0 Å². The number of nitrogens with two attached hydrogens (primary N) is 1. The molecule has 0 fully saturated rings. The van der Waals surface area contributed by atoms with Crippen LogP contribution >= 0.6 is 0 Å². The normalized spacial score (nSPS) is 22.4. The second-order valence-corrected chi connectivity index (χ2v) is 7.88. The van der Waals surface area contributed by atoms with Gasteiger partial charge < -0.3 is 5.73 Å². The summed E-state index contributed by atoms with van der Waals surface area (Å²) in [5.41, 5.74) is 6.11. The minimum Gasteiger partial charge on any atom is -0.351 e. The maximum atomic E-state index is 13.1. The van der Waals surface area contributed by atoms with Crippen molar-refractivity contribution < 1.29 is 22.8 Å². The lowest BCUT2D eigenvalue weighted by atomic mass is 9.70. The van der Waals surface area contributed by atoms with E-state index < -0.39 is 23.7 Å². The highest BCUT2D eigenvalue weighted by Gasteiger charge is 2.42. The molecule has 1 aromatic carbocycles. The Bertz CT molecular complexity index is 881. The third-order valence-electron chi connectivity index (χ3n) is 5.03. The zero-order valence-corrected chi connectivity index (χ0v) is 15.4. The topological polar surface area (TPSA) is 63.4 Å². The minimum absolute atomic E-state index is 0.168. The second-order valence-electron chi connectivity index (χ2n) is 7.88. The van der Waals surface area contributed by atoms with Crippen LogP contribution in [0.25, 0.3) is 0 Å². The van der Waals surface area contributed by atoms with Crippen molar-refractivity contribution >= 4 is 11.8 Å². The molecule has 0 saturated heterocycles. The molecule has 2 N–H and O–H groups in total. The van der Waals surface area contributed by atoms with E-state index in [1.807, 2.05) is 13.8 Å². The highest BCUT2D eigenvalue weighted by atomic mass is 19.4. The Labute approximate surface area is 155 Å². The molecule has 0 bridgehead atoms. The number of hydrogen-bond acceptors (Lipinski definition) is 2. The fourth-order valence-electron chi connectivity index (χ4n) is 3.94. The lowest BCUT2D eigenvalue weighted by molar-refractivity contribution is -0.137. The van der Waals surface area contributed by atoms with Crippen LogP contribution in [0.2, 0.25) is 0 Å². The molecule has 1 unspecified atom stereocenters. The van der Waals surface area contributed by atoms with E-state index in [1.54, 1.807) is 19.1 Å². The van der Waals surface area contributed by atoms with Crippen molar-refractivity contribution in [1.82, 2.24) is 4.90 Å². The van der Waals surface area contributed by atoms with E-state index in [4.69, 9.17) is 5.73 Å². The zero-order valence-electron chi connectivity index (χ0n) is 15.4. The number of alkyl halides is 3. The summed E-state index contributed by atoms with van der Waals surface area (Å²) in [6.07, 6.45) is -2.13. The van der Waals surface area contributed by atoms with Crippen LogP contribution in [0, 0.1) is 5.41 Å². The molecule has 27 heavy (non-hydrogen) atoms. The average Bonchev–Trinajstić information content (AvgIpc) is 2.51. The van der Waals surface area contributed by atoms with Crippen molar-refractivity contribution in [2.75, 3.05) is 0 Å². The molecule has 1 aliphatic heterocycles. The summed E-state index contributed by atoms with van der Waals surface area (Å²) in [4.78, 5) is 26.2. The Hall–Kier alpha value is -2.57. The highest BCUT2D eigenvalue weighted by Crippen LogP contribution is 2.47. The number of primary amides is 1. The molecule has 1 aliphatic carbocycles. The van der Waals surface area contributed by atoms with Gasteiger partial charge in [-0.05, 0) is 30.4 Å². The smallest absolute Gasteiger partial charge is 0.351 e. The predicted octanol–water partition coefficient (Wildman–Crippen LogP) is 4.73. The Kier molecular flexibility index (Phi) is 4.44. The average molecular weight is 378 g/mol. The van der Waals surface area contributed by atoms with Crippen molar-refractivity contribution in [1.29, 1.82) is 0 Å². The van der Waals surface area contributed by atoms with E-state index in [2.05, 4.69) is 0 Å². The highest BCUT2D eigenvalue weighted by molar-refractivity contribution is 6.00. The summed E-state index contributed by atoms with van der Waals surface area (Å²) in [6, 6.07) is 4.26. The van der Waals surface area contributed by atoms with Crippen LogP contribution in [0.15, 0.2) is 47.3 Å². The summed E-state index contributed by atoms with van der Waals surface area (Å²) < 4.78 is 39.4. The van der Waals surface area contributed by atoms with Gasteiger partial charge in [0.1, 0.15) is 0 Å². The maximum Gasteiger partial charge on any atom is 0.416 e. The van der Waals surface area contributed by atoms with Gasteiger partial charge in [0.25, 0.3) is 0 Å². The maximum absolute atomic E-state index is 13.1. The standard InChI is InChI=1S/C20H21F3N2O2/c1-11-7-14(12-5-4-6-13(8-12)20(21,22)23)17-15(25(11)18(24)27)9-19(2,3)10-16(17)26/h4-8,14H,9-10H2,1-3H3,(H2,24,27). The molecule has 2 aliphatic rings. The molecule has 1 heterocycles. The van der Waals surface area contributed by atoms with E-state index in [9.17, 15) is 22.8 Å². The third kappa shape index (κ3) is 3.50. The fourth-order valence-corrected chi connectivity index (χ4v) is 3.94. The first-order valence-corrected chi connectivity index (χ1v) is 8.62. The van der Waals surface area contributed by atoms with Gasteiger partial charge in [-0.1, -0.05) is 38.1 Å². The minimum atomic E-state index is -4.47. The van der Waals surface area contributed by atoms with E-state index in [1.165, 1.54) is 11.0 Å². The van der Waals surface area contributed by atoms with Gasteiger partial charge in [-0.25, -0.2) is 4.79 Å². The number of Topliss-reactive ketones (excluding diaryl/α,β-unsaturated/α-hetero) is 1. The first-order valence-electron chi connectivity index (χ1n) is 8.62. The number of nitrogens with zero attached hydrogens (tertiary/aromatic N) is 1. The van der Waals surface area contributed by atoms with Gasteiger partial charge in [0.05, 0.1) is 5.56 Å². The van der Waals surface area contributed by atoms with Gasteiger partial charge in [-0.2, -0.15) is 13.2 Å². The number of urea groups is 1. The van der Waals surface area contributed by atoms with Crippen molar-refractivity contribution in [3.05, 3.63) is 58.4 Å². The molecule has 2 amide bonds. The first-order chi connectivity index (χ1) is 12.4. The number of ketones is 1. The first kappa shape index (κ1) is 19.2. The van der Waals surface area contributed by atoms with Gasteiger partial charge in [0, 0.05) is 29.3 Å². The SMILES string of the molecule is CC1=CC(c2cccc(C(F)(F)F)c2)C2=C(CC(C)(C)CC2=O)N1C(N)=O. The molecular weight excluding hydrogens is 357 g/mol. The molecule has 0 aromatic heterocycles. The summed E-state index contributed by atoms with van der Waals surface area (Å²) in [7, 11) is 0. The molecule has 1 atom stereocenters. The molecule has 4 nitrogen and oxygen atoms in total. The number of hydrogen-bond donors (Lipinski definition) is 1. The van der Waals surface area contributed by atoms with Crippen LogP contribution in [0.3, 0.4) is 0 Å². The van der Waals surface area contributed by atoms with Gasteiger partial charge in [0.2, 0.25) is 0 Å². The predicted molar refractivity (Wildman–Crippen MR) is 94.4 cm³/mol. The number of carbonyl (C=O) groups is 2. The van der Waals surface area contributed by atoms with Gasteiger partial charge >= 0.3 is 12.2 Å². The van der Waals surface area contributed by atoms with E-state index in [0.717, 1.165) is 12.1 Å². The third-order valence-corrected chi connectivity index (χ3v) is 5.03. The van der Waals surface area contributed by atoms with Crippen molar-refractivity contribution in [2.24, 2.45) is 11.1 Å². The molecule has 0 saturated carbocycles. The van der Waals surface area contributed by atoms with Crippen LogP contribution in [0.5, 0.6) is 0 Å². The molecule has 7 heteroatoms. The Balaban J connectivity index is 2.18. The fraction of sp³-hybridized carbons (Fsp3) is 0.400. The zero-order chi connectivity index (χ0) is 20.1. The van der Waals surface area contributed by atoms with Crippen LogP contribution in [-0.2, 0) is 11.0 Å².